The third-order valence-corrected chi connectivity index (χ3v) is 3.22. The Morgan fingerprint density at radius 2 is 1.88 bits per heavy atom. The van der Waals surface area contributed by atoms with E-state index in [0.29, 0.717) is 18.5 Å². The van der Waals surface area contributed by atoms with Crippen molar-refractivity contribution >= 4 is 21.4 Å². The van der Waals surface area contributed by atoms with Crippen LogP contribution in [-0.4, -0.2) is 32.9 Å². The van der Waals surface area contributed by atoms with E-state index in [1.807, 2.05) is 0 Å². The number of sulfone groups is 1. The van der Waals surface area contributed by atoms with Crippen molar-refractivity contribution in [1.82, 2.24) is 0 Å². The quantitative estimate of drug-likeness (QED) is 0.731. The third-order valence-electron chi connectivity index (χ3n) is 2.19. The van der Waals surface area contributed by atoms with E-state index < -0.39 is 15.7 Å². The molecule has 1 rings (SSSR count). The first-order valence-electron chi connectivity index (χ1n) is 5.20. The highest BCUT2D eigenvalue weighted by molar-refractivity contribution is 7.90. The van der Waals surface area contributed by atoms with E-state index in [1.54, 1.807) is 24.3 Å². The summed E-state index contributed by atoms with van der Waals surface area (Å²) in [6.45, 7) is 0.572. The smallest absolute Gasteiger partial charge is 0.248 e. The predicted octanol–water partition coefficient (Wildman–Crippen LogP) is 0.632. The topological polar surface area (TPSA) is 89.3 Å². The second-order valence-electron chi connectivity index (χ2n) is 3.85. The number of nitrogens with two attached hydrogens (primary N) is 1. The summed E-state index contributed by atoms with van der Waals surface area (Å²) in [5.41, 5.74) is 6.39. The number of hydrogen-bond acceptors (Lipinski definition) is 4. The molecule has 94 valence electrons. The Hall–Kier alpha value is -1.56. The summed E-state index contributed by atoms with van der Waals surface area (Å²) in [4.78, 5) is 10.8. The molecule has 0 heterocycles. The fourth-order valence-electron chi connectivity index (χ4n) is 1.32. The number of rotatable bonds is 6. The van der Waals surface area contributed by atoms with E-state index in [9.17, 15) is 13.2 Å². The molecule has 17 heavy (non-hydrogen) atoms. The molecule has 6 heteroatoms. The van der Waals surface area contributed by atoms with Gasteiger partial charge in [-0.2, -0.15) is 0 Å². The van der Waals surface area contributed by atoms with Gasteiger partial charge in [0.05, 0.1) is 5.75 Å². The molecule has 0 atom stereocenters. The average molecular weight is 256 g/mol. The number of primary amides is 1. The summed E-state index contributed by atoms with van der Waals surface area (Å²) in [5, 5.41) is 3.07. The zero-order valence-electron chi connectivity index (χ0n) is 9.64. The molecule has 1 amide bonds. The fraction of sp³-hybridized carbons (Fsp3) is 0.364. The first-order chi connectivity index (χ1) is 7.88. The Balaban J connectivity index is 2.40. The minimum absolute atomic E-state index is 0.166. The van der Waals surface area contributed by atoms with Crippen LogP contribution in [0.25, 0.3) is 0 Å². The van der Waals surface area contributed by atoms with E-state index in [0.717, 1.165) is 5.69 Å². The Morgan fingerprint density at radius 1 is 1.29 bits per heavy atom. The molecule has 0 unspecified atom stereocenters. The van der Waals surface area contributed by atoms with Crippen LogP contribution >= 0.6 is 0 Å². The summed E-state index contributed by atoms with van der Waals surface area (Å²) in [6, 6.07) is 6.73. The number of benzene rings is 1. The van der Waals surface area contributed by atoms with Gasteiger partial charge in [0.25, 0.3) is 0 Å². The molecule has 0 saturated heterocycles. The van der Waals surface area contributed by atoms with Gasteiger partial charge in [0.2, 0.25) is 5.91 Å². The second kappa shape index (κ2) is 5.67. The number of nitrogens with one attached hydrogen (secondary N) is 1. The molecule has 0 radical (unpaired) electrons. The number of carbonyl (C=O) groups excluding carboxylic acids is 1. The Kier molecular flexibility index (Phi) is 4.51. The highest BCUT2D eigenvalue weighted by Gasteiger charge is 2.02. The summed E-state index contributed by atoms with van der Waals surface area (Å²) in [5.74, 6) is -0.298. The van der Waals surface area contributed by atoms with E-state index in [2.05, 4.69) is 5.32 Å². The molecule has 0 fully saturated rings. The van der Waals surface area contributed by atoms with Gasteiger partial charge in [-0.15, -0.1) is 0 Å². The monoisotopic (exact) mass is 256 g/mol. The predicted molar refractivity (Wildman–Crippen MR) is 67.8 cm³/mol. The Labute approximate surface area is 101 Å². The molecule has 0 saturated carbocycles. The van der Waals surface area contributed by atoms with Crippen LogP contribution in [0.3, 0.4) is 0 Å². The fourth-order valence-corrected chi connectivity index (χ4v) is 1.99. The number of carbonyl (C=O) groups is 1. The minimum Gasteiger partial charge on any atom is -0.385 e. The molecule has 0 aliphatic rings. The number of hydrogen-bond donors (Lipinski definition) is 2. The first-order valence-corrected chi connectivity index (χ1v) is 7.26. The van der Waals surface area contributed by atoms with Crippen LogP contribution in [0.2, 0.25) is 0 Å². The van der Waals surface area contributed by atoms with Crippen molar-refractivity contribution in [3.05, 3.63) is 29.8 Å². The van der Waals surface area contributed by atoms with Gasteiger partial charge in [-0.3, -0.25) is 4.79 Å². The van der Waals surface area contributed by atoms with Crippen LogP contribution in [0, 0.1) is 0 Å². The Bertz CT molecular complexity index is 480. The van der Waals surface area contributed by atoms with Crippen molar-refractivity contribution in [2.24, 2.45) is 5.73 Å². The van der Waals surface area contributed by atoms with Gasteiger partial charge < -0.3 is 11.1 Å². The minimum atomic E-state index is -2.90. The van der Waals surface area contributed by atoms with Crippen LogP contribution in [0.1, 0.15) is 16.8 Å². The lowest BCUT2D eigenvalue weighted by molar-refractivity contribution is 0.100. The summed E-state index contributed by atoms with van der Waals surface area (Å²) in [7, 11) is -2.90. The molecule has 0 spiro atoms. The van der Waals surface area contributed by atoms with Crippen LogP contribution in [-0.2, 0) is 9.84 Å². The maximum Gasteiger partial charge on any atom is 0.248 e. The van der Waals surface area contributed by atoms with Gasteiger partial charge in [0, 0.05) is 24.1 Å². The van der Waals surface area contributed by atoms with Crippen molar-refractivity contribution in [3.63, 3.8) is 0 Å². The molecule has 1 aromatic rings. The van der Waals surface area contributed by atoms with Gasteiger partial charge in [-0.05, 0) is 30.7 Å². The van der Waals surface area contributed by atoms with Crippen molar-refractivity contribution < 1.29 is 13.2 Å². The lowest BCUT2D eigenvalue weighted by atomic mass is 10.2. The van der Waals surface area contributed by atoms with Crippen LogP contribution in [0.15, 0.2) is 24.3 Å². The first kappa shape index (κ1) is 13.5. The maximum atomic E-state index is 10.9. The largest absolute Gasteiger partial charge is 0.385 e. The van der Waals surface area contributed by atoms with Gasteiger partial charge in [0.15, 0.2) is 0 Å². The van der Waals surface area contributed by atoms with Gasteiger partial charge >= 0.3 is 0 Å². The normalized spacial score (nSPS) is 11.1. The highest BCUT2D eigenvalue weighted by Crippen LogP contribution is 2.09. The molecule has 1 aromatic carbocycles. The molecule has 5 nitrogen and oxygen atoms in total. The lowest BCUT2D eigenvalue weighted by Crippen LogP contribution is -2.11. The Morgan fingerprint density at radius 3 is 2.35 bits per heavy atom. The van der Waals surface area contributed by atoms with Crippen LogP contribution < -0.4 is 11.1 Å². The number of anilines is 1. The lowest BCUT2D eigenvalue weighted by Gasteiger charge is -2.06. The zero-order valence-corrected chi connectivity index (χ0v) is 10.5. The molecular formula is C11H16N2O3S. The summed E-state index contributed by atoms with van der Waals surface area (Å²) >= 11 is 0. The van der Waals surface area contributed by atoms with Crippen molar-refractivity contribution in [3.8, 4) is 0 Å². The van der Waals surface area contributed by atoms with Crippen LogP contribution in [0.5, 0.6) is 0 Å². The molecule has 3 N–H and O–H groups in total. The van der Waals surface area contributed by atoms with Crippen molar-refractivity contribution in [2.75, 3.05) is 23.9 Å². The van der Waals surface area contributed by atoms with Gasteiger partial charge in [-0.1, -0.05) is 0 Å². The molecule has 0 aliphatic carbocycles. The number of amides is 1. The van der Waals surface area contributed by atoms with E-state index in [1.165, 1.54) is 6.26 Å². The molecule has 0 aromatic heterocycles. The second-order valence-corrected chi connectivity index (χ2v) is 6.11. The van der Waals surface area contributed by atoms with Crippen LogP contribution in [0.4, 0.5) is 5.69 Å². The van der Waals surface area contributed by atoms with Gasteiger partial charge in [-0.25, -0.2) is 8.42 Å². The molecule has 0 bridgehead atoms. The third kappa shape index (κ3) is 5.35. The summed E-state index contributed by atoms with van der Waals surface area (Å²) in [6.07, 6.45) is 1.77. The standard InChI is InChI=1S/C11H16N2O3S/c1-17(15,16)8-2-7-13-10-5-3-9(4-6-10)11(12)14/h3-6,13H,2,7-8H2,1H3,(H2,12,14). The van der Waals surface area contributed by atoms with Crippen molar-refractivity contribution in [2.45, 2.75) is 6.42 Å². The zero-order chi connectivity index (χ0) is 12.9. The molecular weight excluding hydrogens is 240 g/mol. The SMILES string of the molecule is CS(=O)(=O)CCCNc1ccc(C(N)=O)cc1. The maximum absolute atomic E-state index is 10.9. The van der Waals surface area contributed by atoms with E-state index >= 15 is 0 Å². The highest BCUT2D eigenvalue weighted by atomic mass is 32.2. The van der Waals surface area contributed by atoms with Crippen molar-refractivity contribution in [1.29, 1.82) is 0 Å². The van der Waals surface area contributed by atoms with E-state index in [-0.39, 0.29) is 5.75 Å². The molecule has 0 aliphatic heterocycles. The van der Waals surface area contributed by atoms with E-state index in [4.69, 9.17) is 5.73 Å². The van der Waals surface area contributed by atoms with Gasteiger partial charge in [0.1, 0.15) is 9.84 Å². The summed E-state index contributed by atoms with van der Waals surface area (Å²) < 4.78 is 21.8. The average Bonchev–Trinajstić information content (AvgIpc) is 2.24.